The van der Waals surface area contributed by atoms with E-state index < -0.39 is 17.8 Å². The molecule has 1 aliphatic carbocycles. The van der Waals surface area contributed by atoms with Crippen molar-refractivity contribution >= 4 is 17.6 Å². The van der Waals surface area contributed by atoms with Gasteiger partial charge in [0.25, 0.3) is 5.56 Å². The van der Waals surface area contributed by atoms with Crippen LogP contribution in [0.25, 0.3) is 0 Å². The van der Waals surface area contributed by atoms with Gasteiger partial charge in [0.15, 0.2) is 0 Å². The van der Waals surface area contributed by atoms with E-state index in [1.54, 1.807) is 6.20 Å². The molecule has 0 radical (unpaired) electrons. The SMILES string of the molecule is CCCn1cc(NC(=O)[C@H]2C[C@@H]2C(=O)O)ccc1=O. The molecule has 0 bridgehead atoms. The molecule has 2 rings (SSSR count). The number of hydrogen-bond acceptors (Lipinski definition) is 3. The molecular formula is C13H16N2O4. The van der Waals surface area contributed by atoms with Crippen molar-refractivity contribution in [3.05, 3.63) is 28.7 Å². The number of nitrogens with one attached hydrogen (secondary N) is 1. The fraction of sp³-hybridized carbons (Fsp3) is 0.462. The number of aliphatic carboxylic acids is 1. The Morgan fingerprint density at radius 1 is 1.42 bits per heavy atom. The van der Waals surface area contributed by atoms with E-state index in [-0.39, 0.29) is 11.5 Å². The summed E-state index contributed by atoms with van der Waals surface area (Å²) in [5.74, 6) is -2.25. The van der Waals surface area contributed by atoms with Gasteiger partial charge in [0.1, 0.15) is 0 Å². The van der Waals surface area contributed by atoms with E-state index in [0.29, 0.717) is 18.7 Å². The Morgan fingerprint density at radius 2 is 2.16 bits per heavy atom. The highest BCUT2D eigenvalue weighted by Crippen LogP contribution is 2.39. The highest BCUT2D eigenvalue weighted by atomic mass is 16.4. The van der Waals surface area contributed by atoms with Gasteiger partial charge in [-0.05, 0) is 18.9 Å². The number of aryl methyl sites for hydroxylation is 1. The lowest BCUT2D eigenvalue weighted by molar-refractivity contribution is -0.139. The van der Waals surface area contributed by atoms with Crippen LogP contribution in [0.4, 0.5) is 5.69 Å². The Morgan fingerprint density at radius 3 is 2.74 bits per heavy atom. The van der Waals surface area contributed by atoms with Gasteiger partial charge in [0.05, 0.1) is 17.5 Å². The maximum atomic E-state index is 11.8. The molecule has 6 nitrogen and oxygen atoms in total. The predicted octanol–water partition coefficient (Wildman–Crippen LogP) is 0.917. The number of hydrogen-bond donors (Lipinski definition) is 2. The zero-order valence-corrected chi connectivity index (χ0v) is 10.6. The fourth-order valence-electron chi connectivity index (χ4n) is 2.01. The Balaban J connectivity index is 2.04. The Hall–Kier alpha value is -2.11. The first-order valence-electron chi connectivity index (χ1n) is 6.27. The lowest BCUT2D eigenvalue weighted by Crippen LogP contribution is -2.21. The van der Waals surface area contributed by atoms with Gasteiger partial charge in [-0.2, -0.15) is 0 Å². The monoisotopic (exact) mass is 264 g/mol. The lowest BCUT2D eigenvalue weighted by atomic mass is 10.3. The van der Waals surface area contributed by atoms with E-state index in [4.69, 9.17) is 5.11 Å². The number of amides is 1. The van der Waals surface area contributed by atoms with Crippen molar-refractivity contribution in [2.45, 2.75) is 26.3 Å². The molecule has 1 heterocycles. The third kappa shape index (κ3) is 3.01. The summed E-state index contributed by atoms with van der Waals surface area (Å²) in [5.41, 5.74) is 0.406. The number of nitrogens with zero attached hydrogens (tertiary/aromatic N) is 1. The molecule has 1 saturated carbocycles. The van der Waals surface area contributed by atoms with E-state index in [2.05, 4.69) is 5.32 Å². The van der Waals surface area contributed by atoms with Gasteiger partial charge in [-0.25, -0.2) is 0 Å². The van der Waals surface area contributed by atoms with E-state index in [9.17, 15) is 14.4 Å². The van der Waals surface area contributed by atoms with E-state index >= 15 is 0 Å². The first-order chi connectivity index (χ1) is 9.02. The number of carboxylic acid groups (broad SMARTS) is 1. The fourth-order valence-corrected chi connectivity index (χ4v) is 2.01. The van der Waals surface area contributed by atoms with Crippen LogP contribution in [0, 0.1) is 11.8 Å². The van der Waals surface area contributed by atoms with E-state index in [1.165, 1.54) is 16.7 Å². The second-order valence-electron chi connectivity index (χ2n) is 4.73. The molecular weight excluding hydrogens is 248 g/mol. The molecule has 19 heavy (non-hydrogen) atoms. The zero-order chi connectivity index (χ0) is 14.0. The average Bonchev–Trinajstić information content (AvgIpc) is 3.14. The summed E-state index contributed by atoms with van der Waals surface area (Å²) in [5, 5.41) is 11.4. The smallest absolute Gasteiger partial charge is 0.307 e. The predicted molar refractivity (Wildman–Crippen MR) is 68.9 cm³/mol. The molecule has 1 fully saturated rings. The maximum absolute atomic E-state index is 11.8. The topological polar surface area (TPSA) is 88.4 Å². The molecule has 0 spiro atoms. The molecule has 1 amide bonds. The largest absolute Gasteiger partial charge is 0.481 e. The van der Waals surface area contributed by atoms with Crippen molar-refractivity contribution in [3.8, 4) is 0 Å². The van der Waals surface area contributed by atoms with Crippen LogP contribution in [-0.2, 0) is 16.1 Å². The number of carbonyl (C=O) groups excluding carboxylic acids is 1. The number of aromatic nitrogens is 1. The highest BCUT2D eigenvalue weighted by molar-refractivity contribution is 5.98. The van der Waals surface area contributed by atoms with Crippen molar-refractivity contribution in [2.24, 2.45) is 11.8 Å². The minimum atomic E-state index is -0.934. The van der Waals surface area contributed by atoms with Crippen molar-refractivity contribution in [3.63, 3.8) is 0 Å². The number of rotatable bonds is 5. The van der Waals surface area contributed by atoms with Crippen LogP contribution < -0.4 is 10.9 Å². The highest BCUT2D eigenvalue weighted by Gasteiger charge is 2.48. The van der Waals surface area contributed by atoms with Crippen LogP contribution in [0.15, 0.2) is 23.1 Å². The molecule has 0 unspecified atom stereocenters. The molecule has 2 N–H and O–H groups in total. The van der Waals surface area contributed by atoms with E-state index in [1.807, 2.05) is 6.92 Å². The molecule has 1 aromatic rings. The minimum Gasteiger partial charge on any atom is -0.481 e. The molecule has 1 aromatic heterocycles. The van der Waals surface area contributed by atoms with Crippen molar-refractivity contribution in [2.75, 3.05) is 5.32 Å². The molecule has 2 atom stereocenters. The second kappa shape index (κ2) is 5.26. The van der Waals surface area contributed by atoms with Gasteiger partial charge in [-0.15, -0.1) is 0 Å². The minimum absolute atomic E-state index is 0.116. The van der Waals surface area contributed by atoms with E-state index in [0.717, 1.165) is 6.42 Å². The van der Waals surface area contributed by atoms with Crippen LogP contribution in [0.3, 0.4) is 0 Å². The molecule has 0 aromatic carbocycles. The number of carboxylic acids is 1. The summed E-state index contributed by atoms with van der Waals surface area (Å²) in [6, 6.07) is 2.93. The maximum Gasteiger partial charge on any atom is 0.307 e. The van der Waals surface area contributed by atoms with Gasteiger partial charge in [0.2, 0.25) is 5.91 Å². The molecule has 1 aliphatic rings. The molecule has 0 saturated heterocycles. The quantitative estimate of drug-likeness (QED) is 0.827. The summed E-state index contributed by atoms with van der Waals surface area (Å²) in [6.45, 7) is 2.54. The van der Waals surface area contributed by atoms with Crippen LogP contribution >= 0.6 is 0 Å². The number of carbonyl (C=O) groups is 2. The van der Waals surface area contributed by atoms with Crippen molar-refractivity contribution in [1.29, 1.82) is 0 Å². The summed E-state index contributed by atoms with van der Waals surface area (Å²) in [4.78, 5) is 34.0. The third-order valence-corrected chi connectivity index (χ3v) is 3.16. The van der Waals surface area contributed by atoms with Crippen molar-refractivity contribution < 1.29 is 14.7 Å². The summed E-state index contributed by atoms with van der Waals surface area (Å²) in [7, 11) is 0. The van der Waals surface area contributed by atoms with Gasteiger partial charge in [-0.3, -0.25) is 14.4 Å². The second-order valence-corrected chi connectivity index (χ2v) is 4.73. The van der Waals surface area contributed by atoms with Gasteiger partial charge in [-0.1, -0.05) is 6.92 Å². The first kappa shape index (κ1) is 13.3. The Kier molecular flexibility index (Phi) is 3.69. The van der Waals surface area contributed by atoms with Crippen LogP contribution in [0.5, 0.6) is 0 Å². The third-order valence-electron chi connectivity index (χ3n) is 3.16. The normalized spacial score (nSPS) is 20.9. The number of pyridine rings is 1. The first-order valence-corrected chi connectivity index (χ1v) is 6.27. The summed E-state index contributed by atoms with van der Waals surface area (Å²) in [6.07, 6.45) is 2.79. The summed E-state index contributed by atoms with van der Waals surface area (Å²) >= 11 is 0. The summed E-state index contributed by atoms with van der Waals surface area (Å²) < 4.78 is 1.52. The Bertz CT molecular complexity index is 564. The van der Waals surface area contributed by atoms with Gasteiger partial charge < -0.3 is 15.0 Å². The molecule has 102 valence electrons. The molecule has 6 heteroatoms. The Labute approximate surface area is 110 Å². The van der Waals surface area contributed by atoms with Crippen LogP contribution in [-0.4, -0.2) is 21.6 Å². The standard InChI is InChI=1S/C13H16N2O4/c1-2-5-15-7-8(3-4-11(15)16)14-12(17)9-6-10(9)13(18)19/h3-4,7,9-10H,2,5-6H2,1H3,(H,14,17)(H,18,19)/t9-,10-/m0/s1. The van der Waals surface area contributed by atoms with Gasteiger partial charge in [0, 0.05) is 18.8 Å². The molecule has 0 aliphatic heterocycles. The number of anilines is 1. The zero-order valence-electron chi connectivity index (χ0n) is 10.6. The van der Waals surface area contributed by atoms with Crippen molar-refractivity contribution in [1.82, 2.24) is 4.57 Å². The van der Waals surface area contributed by atoms with Crippen LogP contribution in [0.1, 0.15) is 19.8 Å². The van der Waals surface area contributed by atoms with Gasteiger partial charge >= 0.3 is 5.97 Å². The lowest BCUT2D eigenvalue weighted by Gasteiger charge is -2.08. The van der Waals surface area contributed by atoms with Crippen LogP contribution in [0.2, 0.25) is 0 Å². The average molecular weight is 264 g/mol.